The number of ether oxygens (including phenoxy) is 1. The molecule has 1 saturated heterocycles. The quantitative estimate of drug-likeness (QED) is 0.605. The minimum Gasteiger partial charge on any atom is -0.445 e. The van der Waals surface area contributed by atoms with Gasteiger partial charge in [0.2, 0.25) is 0 Å². The molecule has 1 heterocycles. The van der Waals surface area contributed by atoms with Crippen molar-refractivity contribution >= 4 is 6.98 Å². The minimum absolute atomic E-state index is 0. The number of rotatable bonds is 4. The standard InChI is InChI=1S/C9H16BF3NO.K/c1-8(10(11,12)13)7-14-5-3-9(15-2)4-6-14;/h9H,1,3-7H2,2H3;/q-1;+1. The van der Waals surface area contributed by atoms with E-state index in [2.05, 4.69) is 6.58 Å². The van der Waals surface area contributed by atoms with Crippen LogP contribution in [0.15, 0.2) is 12.1 Å². The summed E-state index contributed by atoms with van der Waals surface area (Å²) >= 11 is 0. The second-order valence-electron chi connectivity index (χ2n) is 3.94. The predicted octanol–water partition coefficient (Wildman–Crippen LogP) is -0.956. The van der Waals surface area contributed by atoms with Crippen LogP contribution in [0.25, 0.3) is 0 Å². The molecule has 1 aliphatic rings. The molecule has 1 rings (SSSR count). The van der Waals surface area contributed by atoms with Gasteiger partial charge in [0.05, 0.1) is 6.10 Å². The van der Waals surface area contributed by atoms with Crippen molar-refractivity contribution in [1.82, 2.24) is 4.90 Å². The fourth-order valence-electron chi connectivity index (χ4n) is 1.69. The van der Waals surface area contributed by atoms with Crippen molar-refractivity contribution in [1.29, 1.82) is 0 Å². The molecule has 0 radical (unpaired) electrons. The molecule has 2 nitrogen and oxygen atoms in total. The number of nitrogens with zero attached hydrogens (tertiary/aromatic N) is 1. The number of piperidine rings is 1. The maximum Gasteiger partial charge on any atom is 1.00 e. The molecule has 0 saturated carbocycles. The first kappa shape index (κ1) is 17.2. The smallest absolute Gasteiger partial charge is 0.445 e. The summed E-state index contributed by atoms with van der Waals surface area (Å²) in [6.45, 7) is -0.537. The van der Waals surface area contributed by atoms with E-state index >= 15 is 0 Å². The SMILES string of the molecule is C=C(CN1CCC(OC)CC1)[B-](F)(F)F.[K+]. The van der Waals surface area contributed by atoms with Crippen LogP contribution in [0.2, 0.25) is 0 Å². The first-order chi connectivity index (χ1) is 6.93. The Morgan fingerprint density at radius 2 is 1.88 bits per heavy atom. The molecule has 0 unspecified atom stereocenters. The van der Waals surface area contributed by atoms with Crippen LogP contribution in [0.4, 0.5) is 12.9 Å². The Hall–Kier alpha value is 1.15. The molecule has 0 aromatic rings. The molecule has 0 aliphatic carbocycles. The van der Waals surface area contributed by atoms with Crippen LogP contribution in [-0.2, 0) is 4.74 Å². The molecule has 1 aliphatic heterocycles. The number of methoxy groups -OCH3 is 1. The van der Waals surface area contributed by atoms with Gasteiger partial charge >= 0.3 is 58.4 Å². The average molecular weight is 261 g/mol. The van der Waals surface area contributed by atoms with E-state index in [9.17, 15) is 12.9 Å². The molecule has 0 spiro atoms. The molecule has 0 bridgehead atoms. The monoisotopic (exact) mass is 261 g/mol. The van der Waals surface area contributed by atoms with Gasteiger partial charge in [-0.2, -0.15) is 0 Å². The van der Waals surface area contributed by atoms with Gasteiger partial charge in [-0.1, -0.05) is 0 Å². The van der Waals surface area contributed by atoms with Crippen LogP contribution in [0.1, 0.15) is 12.8 Å². The van der Waals surface area contributed by atoms with E-state index in [4.69, 9.17) is 4.74 Å². The molecule has 1 fully saturated rings. The Labute approximate surface area is 137 Å². The third kappa shape index (κ3) is 5.66. The van der Waals surface area contributed by atoms with Gasteiger partial charge in [-0.05, 0) is 19.4 Å². The van der Waals surface area contributed by atoms with Gasteiger partial charge in [0.15, 0.2) is 0 Å². The second kappa shape index (κ2) is 7.56. The van der Waals surface area contributed by atoms with Crippen molar-refractivity contribution in [3.05, 3.63) is 12.1 Å². The zero-order valence-corrected chi connectivity index (χ0v) is 13.0. The molecule has 0 N–H and O–H groups in total. The Bertz CT molecular complexity index is 229. The van der Waals surface area contributed by atoms with E-state index in [-0.39, 0.29) is 64.0 Å². The van der Waals surface area contributed by atoms with Gasteiger partial charge in [0, 0.05) is 20.2 Å². The summed E-state index contributed by atoms with van der Waals surface area (Å²) in [5.74, 6) is 0. The summed E-state index contributed by atoms with van der Waals surface area (Å²) in [6.07, 6.45) is 1.80. The molecule has 16 heavy (non-hydrogen) atoms. The zero-order chi connectivity index (χ0) is 11.5. The summed E-state index contributed by atoms with van der Waals surface area (Å²) in [6, 6.07) is 0. The van der Waals surface area contributed by atoms with Crippen molar-refractivity contribution < 1.29 is 69.1 Å². The Morgan fingerprint density at radius 1 is 1.38 bits per heavy atom. The van der Waals surface area contributed by atoms with Gasteiger partial charge < -0.3 is 22.6 Å². The Balaban J connectivity index is 0.00000225. The molecule has 0 amide bonds. The van der Waals surface area contributed by atoms with Crippen molar-refractivity contribution in [3.8, 4) is 0 Å². The largest absolute Gasteiger partial charge is 1.00 e. The van der Waals surface area contributed by atoms with Gasteiger partial charge in [0.25, 0.3) is 0 Å². The predicted molar refractivity (Wildman–Crippen MR) is 54.7 cm³/mol. The second-order valence-corrected chi connectivity index (χ2v) is 3.94. The molecule has 0 aromatic heterocycles. The number of halogens is 3. The minimum atomic E-state index is -4.88. The Kier molecular flexibility index (Phi) is 8.10. The maximum absolute atomic E-state index is 12.3. The Morgan fingerprint density at radius 3 is 2.25 bits per heavy atom. The molecular weight excluding hydrogens is 245 g/mol. The number of hydrogen-bond donors (Lipinski definition) is 0. The third-order valence-corrected chi connectivity index (χ3v) is 2.76. The van der Waals surface area contributed by atoms with Crippen molar-refractivity contribution in [3.63, 3.8) is 0 Å². The first-order valence-electron chi connectivity index (χ1n) is 5.06. The normalized spacial score (nSPS) is 19.2. The summed E-state index contributed by atoms with van der Waals surface area (Å²) < 4.78 is 41.9. The fourth-order valence-corrected chi connectivity index (χ4v) is 1.69. The van der Waals surface area contributed by atoms with Crippen molar-refractivity contribution in [2.45, 2.75) is 18.9 Å². The van der Waals surface area contributed by atoms with Crippen LogP contribution < -0.4 is 51.4 Å². The zero-order valence-electron chi connectivity index (χ0n) is 9.89. The van der Waals surface area contributed by atoms with Crippen molar-refractivity contribution in [2.24, 2.45) is 0 Å². The number of hydrogen-bond acceptors (Lipinski definition) is 2. The van der Waals surface area contributed by atoms with E-state index in [0.29, 0.717) is 13.1 Å². The molecule has 7 heteroatoms. The van der Waals surface area contributed by atoms with E-state index in [1.54, 1.807) is 12.0 Å². The number of likely N-dealkylation sites (tertiary alicyclic amines) is 1. The topological polar surface area (TPSA) is 12.5 Å². The van der Waals surface area contributed by atoms with Gasteiger partial charge in [-0.15, -0.1) is 12.1 Å². The fraction of sp³-hybridized carbons (Fsp3) is 0.778. The van der Waals surface area contributed by atoms with E-state index < -0.39 is 12.4 Å². The summed E-state index contributed by atoms with van der Waals surface area (Å²) in [4.78, 5) is 1.78. The summed E-state index contributed by atoms with van der Waals surface area (Å²) in [5, 5.41) is 0. The van der Waals surface area contributed by atoms with Crippen LogP contribution in [0, 0.1) is 0 Å². The van der Waals surface area contributed by atoms with Crippen LogP contribution in [-0.4, -0.2) is 44.7 Å². The van der Waals surface area contributed by atoms with E-state index in [1.165, 1.54) is 0 Å². The van der Waals surface area contributed by atoms with Crippen LogP contribution in [0.5, 0.6) is 0 Å². The maximum atomic E-state index is 12.3. The first-order valence-corrected chi connectivity index (χ1v) is 5.06. The third-order valence-electron chi connectivity index (χ3n) is 2.76. The van der Waals surface area contributed by atoms with E-state index in [1.807, 2.05) is 0 Å². The molecular formula is C9H16BF3KNO. The van der Waals surface area contributed by atoms with Gasteiger partial charge in [-0.25, -0.2) is 0 Å². The average Bonchev–Trinajstić information content (AvgIpc) is 2.17. The van der Waals surface area contributed by atoms with E-state index in [0.717, 1.165) is 12.8 Å². The van der Waals surface area contributed by atoms with Crippen LogP contribution in [0.3, 0.4) is 0 Å². The summed E-state index contributed by atoms with van der Waals surface area (Å²) in [7, 11) is 1.64. The van der Waals surface area contributed by atoms with Gasteiger partial charge in [0.1, 0.15) is 0 Å². The van der Waals surface area contributed by atoms with Crippen LogP contribution >= 0.6 is 0 Å². The van der Waals surface area contributed by atoms with Crippen molar-refractivity contribution in [2.75, 3.05) is 26.7 Å². The van der Waals surface area contributed by atoms with Gasteiger partial charge in [-0.3, -0.25) is 0 Å². The summed E-state index contributed by atoms with van der Waals surface area (Å²) in [5.41, 5.74) is -0.606. The molecule has 0 aromatic carbocycles. The molecule has 88 valence electrons. The molecule has 0 atom stereocenters.